The highest BCUT2D eigenvalue weighted by molar-refractivity contribution is 5.80. The number of benzene rings is 1. The van der Waals surface area contributed by atoms with Gasteiger partial charge >= 0.3 is 0 Å². The lowest BCUT2D eigenvalue weighted by atomic mass is 9.74. The van der Waals surface area contributed by atoms with Crippen LogP contribution in [-0.4, -0.2) is 18.4 Å². The highest BCUT2D eigenvalue weighted by Crippen LogP contribution is 2.37. The van der Waals surface area contributed by atoms with E-state index in [9.17, 15) is 4.79 Å². The molecule has 1 fully saturated rings. The fraction of sp³-hybridized carbons (Fsp3) is 0.533. The molecule has 0 aromatic heterocycles. The van der Waals surface area contributed by atoms with E-state index in [0.717, 1.165) is 25.8 Å². The van der Waals surface area contributed by atoms with E-state index in [-0.39, 0.29) is 0 Å². The quantitative estimate of drug-likeness (QED) is 0.859. The van der Waals surface area contributed by atoms with Crippen LogP contribution < -0.4 is 5.32 Å². The van der Waals surface area contributed by atoms with Crippen molar-refractivity contribution < 1.29 is 4.79 Å². The first kappa shape index (κ1) is 11.0. The Bertz CT molecular complexity index is 421. The first-order chi connectivity index (χ1) is 8.33. The van der Waals surface area contributed by atoms with Crippen LogP contribution in [0.3, 0.4) is 0 Å². The minimum absolute atomic E-state index is 0.434. The number of hydrogen-bond donors (Lipinski definition) is 1. The molecule has 1 N–H and O–H groups in total. The summed E-state index contributed by atoms with van der Waals surface area (Å²) in [5.41, 5.74) is 2.84. The van der Waals surface area contributed by atoms with E-state index in [1.807, 2.05) is 0 Å². The highest BCUT2D eigenvalue weighted by Gasteiger charge is 2.28. The van der Waals surface area contributed by atoms with Crippen molar-refractivity contribution in [2.45, 2.75) is 44.1 Å². The van der Waals surface area contributed by atoms with Crippen LogP contribution in [0.4, 0.5) is 0 Å². The van der Waals surface area contributed by atoms with Crippen molar-refractivity contribution >= 4 is 5.78 Å². The molecular weight excluding hydrogens is 210 g/mol. The van der Waals surface area contributed by atoms with Gasteiger partial charge in [-0.15, -0.1) is 0 Å². The summed E-state index contributed by atoms with van der Waals surface area (Å²) in [6.45, 7) is 1.09. The summed E-state index contributed by atoms with van der Waals surface area (Å²) >= 11 is 0. The summed E-state index contributed by atoms with van der Waals surface area (Å²) in [6.07, 6.45) is 4.98. The Kier molecular flexibility index (Phi) is 2.98. The Morgan fingerprint density at radius 2 is 2.18 bits per heavy atom. The number of nitrogens with one attached hydrogen (secondary N) is 1. The predicted octanol–water partition coefficient (Wildman–Crippen LogP) is 2.43. The summed E-state index contributed by atoms with van der Waals surface area (Å²) in [4.78, 5) is 12.0. The molecule has 0 bridgehead atoms. The topological polar surface area (TPSA) is 29.1 Å². The van der Waals surface area contributed by atoms with Crippen molar-refractivity contribution in [3.05, 3.63) is 35.4 Å². The number of carbonyl (C=O) groups excluding carboxylic acids is 1. The maximum Gasteiger partial charge on any atom is 0.135 e. The average molecular weight is 229 g/mol. The minimum atomic E-state index is 0.434. The standard InChI is InChI=1S/C15H19NO/c17-14(10-13-5-3-7-16-13)9-12-8-11-4-1-2-6-15(11)12/h1-2,4,6,12-13,16H,3,5,7-10H2. The number of rotatable bonds is 4. The normalized spacial score (nSPS) is 26.4. The number of fused-ring (bicyclic) bond motifs is 1. The molecule has 1 aliphatic carbocycles. The van der Waals surface area contributed by atoms with E-state index < -0.39 is 0 Å². The van der Waals surface area contributed by atoms with E-state index in [1.54, 1.807) is 0 Å². The second-order valence-corrected chi connectivity index (χ2v) is 5.34. The molecule has 2 aliphatic rings. The van der Waals surface area contributed by atoms with E-state index in [1.165, 1.54) is 24.0 Å². The molecule has 1 heterocycles. The van der Waals surface area contributed by atoms with Gasteiger partial charge in [-0.1, -0.05) is 24.3 Å². The predicted molar refractivity (Wildman–Crippen MR) is 68.2 cm³/mol. The van der Waals surface area contributed by atoms with Gasteiger partial charge in [-0.3, -0.25) is 4.79 Å². The van der Waals surface area contributed by atoms with Crippen LogP contribution in [0.1, 0.15) is 42.7 Å². The van der Waals surface area contributed by atoms with Crippen LogP contribution in [-0.2, 0) is 11.2 Å². The molecule has 90 valence electrons. The van der Waals surface area contributed by atoms with Crippen LogP contribution in [0.5, 0.6) is 0 Å². The molecule has 1 aromatic rings. The summed E-state index contributed by atoms with van der Waals surface area (Å²) in [7, 11) is 0. The summed E-state index contributed by atoms with van der Waals surface area (Å²) < 4.78 is 0. The van der Waals surface area contributed by atoms with Crippen molar-refractivity contribution in [3.63, 3.8) is 0 Å². The SMILES string of the molecule is O=C(CC1CCCN1)CC1Cc2ccccc21. The third kappa shape index (κ3) is 2.27. The van der Waals surface area contributed by atoms with E-state index in [2.05, 4.69) is 29.6 Å². The Morgan fingerprint density at radius 3 is 2.94 bits per heavy atom. The Morgan fingerprint density at radius 1 is 1.29 bits per heavy atom. The molecule has 1 saturated heterocycles. The van der Waals surface area contributed by atoms with Crippen molar-refractivity contribution in [1.82, 2.24) is 5.32 Å². The monoisotopic (exact) mass is 229 g/mol. The number of Topliss-reactive ketones (excluding diaryl/α,β-unsaturated/α-hetero) is 1. The van der Waals surface area contributed by atoms with E-state index >= 15 is 0 Å². The molecule has 0 amide bonds. The van der Waals surface area contributed by atoms with Crippen LogP contribution >= 0.6 is 0 Å². The molecule has 0 saturated carbocycles. The molecule has 2 atom stereocenters. The molecular formula is C15H19NO. The Labute approximate surface area is 102 Å². The largest absolute Gasteiger partial charge is 0.314 e. The molecule has 2 heteroatoms. The average Bonchev–Trinajstić information content (AvgIpc) is 2.79. The molecule has 17 heavy (non-hydrogen) atoms. The third-order valence-corrected chi connectivity index (χ3v) is 4.07. The van der Waals surface area contributed by atoms with Crippen molar-refractivity contribution in [2.75, 3.05) is 6.54 Å². The molecule has 2 unspecified atom stereocenters. The van der Waals surface area contributed by atoms with Gasteiger partial charge in [0.2, 0.25) is 0 Å². The van der Waals surface area contributed by atoms with Crippen LogP contribution in [0, 0.1) is 0 Å². The van der Waals surface area contributed by atoms with Crippen LogP contribution in [0.25, 0.3) is 0 Å². The summed E-state index contributed by atoms with van der Waals surface area (Å²) in [6, 6.07) is 8.96. The second kappa shape index (κ2) is 4.61. The highest BCUT2D eigenvalue weighted by atomic mass is 16.1. The fourth-order valence-electron chi connectivity index (χ4n) is 3.11. The third-order valence-electron chi connectivity index (χ3n) is 4.07. The molecule has 1 aromatic carbocycles. The van der Waals surface area contributed by atoms with Gasteiger partial charge in [-0.25, -0.2) is 0 Å². The van der Waals surface area contributed by atoms with Crippen LogP contribution in [0.15, 0.2) is 24.3 Å². The fourth-order valence-corrected chi connectivity index (χ4v) is 3.11. The lowest BCUT2D eigenvalue weighted by Gasteiger charge is -2.29. The van der Waals surface area contributed by atoms with Crippen molar-refractivity contribution in [3.8, 4) is 0 Å². The molecule has 3 rings (SSSR count). The summed E-state index contributed by atoms with van der Waals surface area (Å²) in [5.74, 6) is 0.934. The maximum absolute atomic E-state index is 12.0. The second-order valence-electron chi connectivity index (χ2n) is 5.34. The van der Waals surface area contributed by atoms with Gasteiger partial charge in [0.15, 0.2) is 0 Å². The zero-order chi connectivity index (χ0) is 11.7. The maximum atomic E-state index is 12.0. The first-order valence-corrected chi connectivity index (χ1v) is 6.66. The van der Waals surface area contributed by atoms with E-state index in [4.69, 9.17) is 0 Å². The molecule has 2 nitrogen and oxygen atoms in total. The van der Waals surface area contributed by atoms with E-state index in [0.29, 0.717) is 17.7 Å². The molecule has 0 radical (unpaired) electrons. The van der Waals surface area contributed by atoms with Gasteiger partial charge in [0.05, 0.1) is 0 Å². The van der Waals surface area contributed by atoms with Gasteiger partial charge in [-0.2, -0.15) is 0 Å². The van der Waals surface area contributed by atoms with Crippen LogP contribution in [0.2, 0.25) is 0 Å². The molecule has 0 spiro atoms. The van der Waals surface area contributed by atoms with Gasteiger partial charge in [0.25, 0.3) is 0 Å². The zero-order valence-electron chi connectivity index (χ0n) is 10.1. The lowest BCUT2D eigenvalue weighted by molar-refractivity contribution is -0.120. The summed E-state index contributed by atoms with van der Waals surface area (Å²) in [5, 5.41) is 3.40. The Balaban J connectivity index is 1.53. The zero-order valence-corrected chi connectivity index (χ0v) is 10.1. The number of ketones is 1. The number of hydrogen-bond acceptors (Lipinski definition) is 2. The van der Waals surface area contributed by atoms with Crippen molar-refractivity contribution in [1.29, 1.82) is 0 Å². The molecule has 1 aliphatic heterocycles. The smallest absolute Gasteiger partial charge is 0.135 e. The van der Waals surface area contributed by atoms with Gasteiger partial charge in [0.1, 0.15) is 5.78 Å². The van der Waals surface area contributed by atoms with Crippen molar-refractivity contribution in [2.24, 2.45) is 0 Å². The van der Waals surface area contributed by atoms with Gasteiger partial charge in [0, 0.05) is 18.9 Å². The lowest BCUT2D eigenvalue weighted by Crippen LogP contribution is -2.27. The minimum Gasteiger partial charge on any atom is -0.314 e. The number of carbonyl (C=O) groups is 1. The Hall–Kier alpha value is -1.15. The van der Waals surface area contributed by atoms with Gasteiger partial charge < -0.3 is 5.32 Å². The van der Waals surface area contributed by atoms with Gasteiger partial charge in [-0.05, 0) is 42.9 Å². The first-order valence-electron chi connectivity index (χ1n) is 6.66.